The van der Waals surface area contributed by atoms with Crippen molar-refractivity contribution >= 4 is 10.0 Å². The van der Waals surface area contributed by atoms with Gasteiger partial charge in [-0.15, -0.1) is 0 Å². The quantitative estimate of drug-likeness (QED) is 0.888. The van der Waals surface area contributed by atoms with Crippen LogP contribution in [0.25, 0.3) is 0 Å². The number of hydrogen-bond acceptors (Lipinski definition) is 4. The molecule has 7 heteroatoms. The minimum Gasteiger partial charge on any atom is -0.384 e. The second kappa shape index (κ2) is 5.88. The SMILES string of the molecule is COC[C@H]1[C@@H](NS(=O)(=O)c2cc(F)ccc2C)[C@@H]2CCO[C@@H]21. The third-order valence-corrected chi connectivity index (χ3v) is 6.22. The second-order valence-corrected chi connectivity index (χ2v) is 7.65. The third kappa shape index (κ3) is 2.67. The molecular weight excluding hydrogens is 309 g/mol. The van der Waals surface area contributed by atoms with Gasteiger partial charge in [-0.05, 0) is 31.0 Å². The van der Waals surface area contributed by atoms with E-state index in [1.54, 1.807) is 14.0 Å². The van der Waals surface area contributed by atoms with Gasteiger partial charge < -0.3 is 9.47 Å². The summed E-state index contributed by atoms with van der Waals surface area (Å²) in [6.45, 7) is 2.74. The maximum Gasteiger partial charge on any atom is 0.241 e. The van der Waals surface area contributed by atoms with Gasteiger partial charge in [-0.2, -0.15) is 0 Å². The first-order valence-corrected chi connectivity index (χ1v) is 8.81. The molecule has 0 bridgehead atoms. The van der Waals surface area contributed by atoms with Crippen LogP contribution in [0.2, 0.25) is 0 Å². The molecule has 5 nitrogen and oxygen atoms in total. The van der Waals surface area contributed by atoms with Crippen LogP contribution in [0.4, 0.5) is 4.39 Å². The summed E-state index contributed by atoms with van der Waals surface area (Å²) in [5, 5.41) is 0. The molecule has 0 unspecified atom stereocenters. The summed E-state index contributed by atoms with van der Waals surface area (Å²) in [5.74, 6) is -0.389. The van der Waals surface area contributed by atoms with Crippen molar-refractivity contribution < 1.29 is 22.3 Å². The summed E-state index contributed by atoms with van der Waals surface area (Å²) < 4.78 is 52.1. The molecule has 0 amide bonds. The van der Waals surface area contributed by atoms with Gasteiger partial charge in [0.2, 0.25) is 10.0 Å². The van der Waals surface area contributed by atoms with Gasteiger partial charge in [-0.3, -0.25) is 0 Å². The lowest BCUT2D eigenvalue weighted by atomic mass is 9.68. The number of hydrogen-bond donors (Lipinski definition) is 1. The van der Waals surface area contributed by atoms with Crippen molar-refractivity contribution in [2.24, 2.45) is 11.8 Å². The second-order valence-electron chi connectivity index (χ2n) is 5.96. The lowest BCUT2D eigenvalue weighted by Gasteiger charge is -2.47. The van der Waals surface area contributed by atoms with E-state index in [1.807, 2.05) is 0 Å². The summed E-state index contributed by atoms with van der Waals surface area (Å²) >= 11 is 0. The molecule has 1 aliphatic carbocycles. The fraction of sp³-hybridized carbons (Fsp3) is 0.600. The average molecular weight is 329 g/mol. The Balaban J connectivity index is 1.83. The molecule has 22 heavy (non-hydrogen) atoms. The zero-order valence-electron chi connectivity index (χ0n) is 12.6. The van der Waals surface area contributed by atoms with Crippen LogP contribution in [-0.4, -0.2) is 40.9 Å². The fourth-order valence-corrected chi connectivity index (χ4v) is 5.10. The monoisotopic (exact) mass is 329 g/mol. The first kappa shape index (κ1) is 15.9. The van der Waals surface area contributed by atoms with Crippen molar-refractivity contribution in [1.29, 1.82) is 0 Å². The largest absolute Gasteiger partial charge is 0.384 e. The fourth-order valence-electron chi connectivity index (χ4n) is 3.50. The summed E-state index contributed by atoms with van der Waals surface area (Å²) in [4.78, 5) is -0.00830. The summed E-state index contributed by atoms with van der Waals surface area (Å²) in [6.07, 6.45) is 0.890. The van der Waals surface area contributed by atoms with Crippen molar-refractivity contribution in [2.75, 3.05) is 20.3 Å². The molecule has 0 radical (unpaired) electrons. The molecule has 1 saturated carbocycles. The number of nitrogens with one attached hydrogen (secondary N) is 1. The van der Waals surface area contributed by atoms with E-state index < -0.39 is 15.8 Å². The van der Waals surface area contributed by atoms with Crippen molar-refractivity contribution in [3.05, 3.63) is 29.6 Å². The van der Waals surface area contributed by atoms with Crippen LogP contribution < -0.4 is 4.72 Å². The maximum atomic E-state index is 13.4. The van der Waals surface area contributed by atoms with E-state index in [-0.39, 0.29) is 28.9 Å². The molecule has 1 saturated heterocycles. The topological polar surface area (TPSA) is 64.6 Å². The Morgan fingerprint density at radius 3 is 2.95 bits per heavy atom. The zero-order valence-corrected chi connectivity index (χ0v) is 13.4. The third-order valence-electron chi connectivity index (χ3n) is 4.62. The Morgan fingerprint density at radius 2 is 2.23 bits per heavy atom. The van der Waals surface area contributed by atoms with E-state index in [2.05, 4.69) is 4.72 Å². The van der Waals surface area contributed by atoms with Gasteiger partial charge in [-0.1, -0.05) is 6.07 Å². The van der Waals surface area contributed by atoms with Crippen molar-refractivity contribution in [3.63, 3.8) is 0 Å². The number of methoxy groups -OCH3 is 1. The number of halogens is 1. The van der Waals surface area contributed by atoms with Crippen LogP contribution in [-0.2, 0) is 19.5 Å². The molecule has 1 aromatic carbocycles. The molecule has 1 N–H and O–H groups in total. The number of rotatable bonds is 5. The minimum absolute atomic E-state index is 0.00106. The van der Waals surface area contributed by atoms with Gasteiger partial charge in [0.25, 0.3) is 0 Å². The van der Waals surface area contributed by atoms with Gasteiger partial charge in [0.15, 0.2) is 0 Å². The lowest BCUT2D eigenvalue weighted by Crippen LogP contribution is -2.62. The summed E-state index contributed by atoms with van der Waals surface area (Å²) in [7, 11) is -2.18. The van der Waals surface area contributed by atoms with Crippen LogP contribution in [0.5, 0.6) is 0 Å². The first-order chi connectivity index (χ1) is 10.4. The number of ether oxygens (including phenoxy) is 2. The van der Waals surface area contributed by atoms with Gasteiger partial charge >= 0.3 is 0 Å². The van der Waals surface area contributed by atoms with Gasteiger partial charge in [0, 0.05) is 31.6 Å². The molecule has 4 atom stereocenters. The Kier molecular flexibility index (Phi) is 4.24. The normalized spacial score (nSPS) is 30.9. The number of benzene rings is 1. The molecule has 1 aliphatic heterocycles. The van der Waals surface area contributed by atoms with Crippen molar-refractivity contribution in [3.8, 4) is 0 Å². The van der Waals surface area contributed by atoms with Gasteiger partial charge in [-0.25, -0.2) is 17.5 Å². The Labute approximate surface area is 129 Å². The Bertz CT molecular complexity index is 664. The Morgan fingerprint density at radius 1 is 1.45 bits per heavy atom. The highest BCUT2D eigenvalue weighted by Gasteiger charge is 2.55. The Hall–Kier alpha value is -1.02. The number of fused-ring (bicyclic) bond motifs is 1. The van der Waals surface area contributed by atoms with E-state index >= 15 is 0 Å². The standard InChI is InChI=1S/C15H20FNO4S/c1-9-3-4-10(16)7-13(9)22(18,19)17-14-11-5-6-21-15(11)12(14)8-20-2/h3-4,7,11-12,14-15,17H,5-6,8H2,1-2H3/t11-,12-,14-,15-/m0/s1. The molecule has 2 aliphatic rings. The van der Waals surface area contributed by atoms with Gasteiger partial charge in [0.05, 0.1) is 17.6 Å². The van der Waals surface area contributed by atoms with Gasteiger partial charge in [0.1, 0.15) is 5.82 Å². The van der Waals surface area contributed by atoms with E-state index in [9.17, 15) is 12.8 Å². The van der Waals surface area contributed by atoms with E-state index in [1.165, 1.54) is 12.1 Å². The molecule has 1 heterocycles. The molecule has 1 aromatic rings. The van der Waals surface area contributed by atoms with E-state index in [4.69, 9.17) is 9.47 Å². The molecule has 0 aromatic heterocycles. The highest BCUT2D eigenvalue weighted by Crippen LogP contribution is 2.44. The molecule has 122 valence electrons. The first-order valence-electron chi connectivity index (χ1n) is 7.33. The highest BCUT2D eigenvalue weighted by atomic mass is 32.2. The summed E-state index contributed by atoms with van der Waals surface area (Å²) in [5.41, 5.74) is 0.524. The molecule has 2 fully saturated rings. The minimum atomic E-state index is -3.76. The highest BCUT2D eigenvalue weighted by molar-refractivity contribution is 7.89. The van der Waals surface area contributed by atoms with Crippen LogP contribution in [0.15, 0.2) is 23.1 Å². The van der Waals surface area contributed by atoms with Crippen molar-refractivity contribution in [1.82, 2.24) is 4.72 Å². The number of aryl methyl sites for hydroxylation is 1. The van der Waals surface area contributed by atoms with E-state index in [0.29, 0.717) is 18.8 Å². The molecule has 0 spiro atoms. The van der Waals surface area contributed by atoms with Crippen molar-refractivity contribution in [2.45, 2.75) is 30.4 Å². The van der Waals surface area contributed by atoms with E-state index in [0.717, 1.165) is 12.5 Å². The zero-order chi connectivity index (χ0) is 15.9. The lowest BCUT2D eigenvalue weighted by molar-refractivity contribution is -0.0775. The van der Waals surface area contributed by atoms with Crippen LogP contribution in [0.3, 0.4) is 0 Å². The summed E-state index contributed by atoms with van der Waals surface area (Å²) in [6, 6.07) is 3.56. The number of sulfonamides is 1. The maximum absolute atomic E-state index is 13.4. The van der Waals surface area contributed by atoms with Crippen LogP contribution >= 0.6 is 0 Å². The molecular formula is C15H20FNO4S. The molecule has 3 rings (SSSR count). The van der Waals surface area contributed by atoms with Crippen LogP contribution in [0.1, 0.15) is 12.0 Å². The van der Waals surface area contributed by atoms with Crippen LogP contribution in [0, 0.1) is 24.6 Å². The predicted octanol–water partition coefficient (Wildman–Crippen LogP) is 1.46. The average Bonchev–Trinajstić information content (AvgIpc) is 2.89. The predicted molar refractivity (Wildman–Crippen MR) is 78.5 cm³/mol. The smallest absolute Gasteiger partial charge is 0.241 e.